The Bertz CT molecular complexity index is 947. The van der Waals surface area contributed by atoms with Crippen LogP contribution in [0.2, 0.25) is 0 Å². The molecular weight excluding hydrogens is 312 g/mol. The molecule has 0 aliphatic heterocycles. The van der Waals surface area contributed by atoms with Crippen LogP contribution in [0.1, 0.15) is 28.2 Å². The van der Waals surface area contributed by atoms with Crippen molar-refractivity contribution >= 4 is 0 Å². The van der Waals surface area contributed by atoms with Gasteiger partial charge in [-0.1, -0.05) is 109 Å². The van der Waals surface area contributed by atoms with Gasteiger partial charge in [0.15, 0.2) is 0 Å². The summed E-state index contributed by atoms with van der Waals surface area (Å²) in [5.74, 6) is 1.64. The number of fused-ring (bicyclic) bond motifs is 3. The van der Waals surface area contributed by atoms with Crippen LogP contribution < -0.4 is 0 Å². The Labute approximate surface area is 154 Å². The summed E-state index contributed by atoms with van der Waals surface area (Å²) >= 11 is 0. The molecule has 0 saturated carbocycles. The Morgan fingerprint density at radius 1 is 0.346 bits per heavy atom. The Morgan fingerprint density at radius 2 is 0.692 bits per heavy atom. The Morgan fingerprint density at radius 3 is 1.12 bits per heavy atom. The Balaban J connectivity index is 1.77. The minimum absolute atomic E-state index is 0.224. The number of hydrogen-bond acceptors (Lipinski definition) is 0. The van der Waals surface area contributed by atoms with Gasteiger partial charge in [-0.25, -0.2) is 0 Å². The van der Waals surface area contributed by atoms with Crippen molar-refractivity contribution in [1.29, 1.82) is 0 Å². The van der Waals surface area contributed by atoms with Crippen molar-refractivity contribution in [3.05, 3.63) is 137 Å². The molecule has 26 heavy (non-hydrogen) atoms. The second-order valence-electron chi connectivity index (χ2n) is 6.76. The van der Waals surface area contributed by atoms with E-state index >= 15 is 0 Å². The first-order chi connectivity index (χ1) is 12.9. The maximum absolute atomic E-state index is 2.27. The average Bonchev–Trinajstić information content (AvgIpc) is 3.05. The van der Waals surface area contributed by atoms with E-state index in [-0.39, 0.29) is 5.92 Å². The molecule has 5 rings (SSSR count). The maximum atomic E-state index is 2.27. The molecule has 1 radical (unpaired) electrons. The normalized spacial score (nSPS) is 12.8. The van der Waals surface area contributed by atoms with Gasteiger partial charge < -0.3 is 0 Å². The van der Waals surface area contributed by atoms with Crippen molar-refractivity contribution in [2.24, 2.45) is 0 Å². The summed E-state index contributed by atoms with van der Waals surface area (Å²) in [7, 11) is 0. The molecule has 0 N–H and O–H groups in total. The highest BCUT2D eigenvalue weighted by molar-refractivity contribution is 5.85. The second-order valence-corrected chi connectivity index (χ2v) is 6.76. The molecule has 0 heterocycles. The van der Waals surface area contributed by atoms with Crippen LogP contribution in [0.15, 0.2) is 109 Å². The molecule has 1 aliphatic rings. The summed E-state index contributed by atoms with van der Waals surface area (Å²) in [6.07, 6.45) is 0. The van der Waals surface area contributed by atoms with Gasteiger partial charge in [0.25, 0.3) is 0 Å². The molecule has 0 unspecified atom stereocenters. The smallest absolute Gasteiger partial charge is 0.0470 e. The summed E-state index contributed by atoms with van der Waals surface area (Å²) in [6, 6.07) is 39.3. The zero-order valence-electron chi connectivity index (χ0n) is 14.5. The van der Waals surface area contributed by atoms with E-state index in [2.05, 4.69) is 109 Å². The van der Waals surface area contributed by atoms with E-state index in [4.69, 9.17) is 0 Å². The monoisotopic (exact) mass is 331 g/mol. The summed E-state index contributed by atoms with van der Waals surface area (Å²) in [5, 5.41) is 0. The van der Waals surface area contributed by atoms with Crippen LogP contribution in [-0.2, 0) is 0 Å². The Hall–Kier alpha value is -3.12. The summed E-state index contributed by atoms with van der Waals surface area (Å²) in [4.78, 5) is 0. The molecule has 0 bridgehead atoms. The van der Waals surface area contributed by atoms with Gasteiger partial charge in [-0.3, -0.25) is 0 Å². The van der Waals surface area contributed by atoms with Crippen molar-refractivity contribution in [3.8, 4) is 11.1 Å². The molecule has 0 nitrogen and oxygen atoms in total. The minimum atomic E-state index is 0.224. The van der Waals surface area contributed by atoms with Gasteiger partial charge >= 0.3 is 0 Å². The summed E-state index contributed by atoms with van der Waals surface area (Å²) < 4.78 is 0. The van der Waals surface area contributed by atoms with Crippen LogP contribution in [0.3, 0.4) is 0 Å². The van der Waals surface area contributed by atoms with Crippen LogP contribution >= 0.6 is 0 Å². The van der Waals surface area contributed by atoms with Gasteiger partial charge in [0.1, 0.15) is 0 Å². The van der Waals surface area contributed by atoms with E-state index in [1.165, 1.54) is 39.3 Å². The van der Waals surface area contributed by atoms with E-state index < -0.39 is 0 Å². The molecule has 4 aromatic carbocycles. The van der Waals surface area contributed by atoms with Gasteiger partial charge in [-0.05, 0) is 33.4 Å². The molecule has 0 atom stereocenters. The third-order valence-corrected chi connectivity index (χ3v) is 5.28. The van der Waals surface area contributed by atoms with Gasteiger partial charge in [0.2, 0.25) is 0 Å². The number of hydrogen-bond donors (Lipinski definition) is 0. The van der Waals surface area contributed by atoms with E-state index in [1.807, 2.05) is 0 Å². The highest BCUT2D eigenvalue weighted by Gasteiger charge is 2.36. The number of benzene rings is 4. The van der Waals surface area contributed by atoms with E-state index in [0.717, 1.165) is 0 Å². The highest BCUT2D eigenvalue weighted by Crippen LogP contribution is 2.51. The van der Waals surface area contributed by atoms with Crippen molar-refractivity contribution in [2.75, 3.05) is 0 Å². The van der Waals surface area contributed by atoms with Gasteiger partial charge in [-0.15, -0.1) is 0 Å². The lowest BCUT2D eigenvalue weighted by molar-refractivity contribution is 0.882. The largest absolute Gasteiger partial charge is 0.0622 e. The first-order valence-corrected chi connectivity index (χ1v) is 9.09. The molecule has 4 aromatic rings. The standard InChI is InChI=1S/C26H19/c1-3-11-19(12-4-1)25(20-13-5-2-6-14-20)26-23-17-9-7-15-21(23)22-16-8-10-18-24(22)26/h1-18,25H. The minimum Gasteiger partial charge on any atom is -0.0622 e. The molecule has 123 valence electrons. The van der Waals surface area contributed by atoms with Gasteiger partial charge in [0, 0.05) is 11.8 Å². The first-order valence-electron chi connectivity index (χ1n) is 9.09. The molecule has 0 amide bonds. The second kappa shape index (κ2) is 6.31. The van der Waals surface area contributed by atoms with Crippen molar-refractivity contribution in [2.45, 2.75) is 5.92 Å². The fraction of sp³-hybridized carbons (Fsp3) is 0.0385. The molecule has 0 spiro atoms. The Kier molecular flexibility index (Phi) is 3.68. The molecule has 0 fully saturated rings. The van der Waals surface area contributed by atoms with Gasteiger partial charge in [0.05, 0.1) is 0 Å². The third kappa shape index (κ3) is 2.38. The topological polar surface area (TPSA) is 0 Å². The number of rotatable bonds is 3. The fourth-order valence-electron chi connectivity index (χ4n) is 4.18. The van der Waals surface area contributed by atoms with E-state index in [1.54, 1.807) is 0 Å². The summed E-state index contributed by atoms with van der Waals surface area (Å²) in [6.45, 7) is 0. The van der Waals surface area contributed by atoms with Crippen molar-refractivity contribution in [1.82, 2.24) is 0 Å². The molecule has 0 aromatic heterocycles. The average molecular weight is 331 g/mol. The fourth-order valence-corrected chi connectivity index (χ4v) is 4.18. The van der Waals surface area contributed by atoms with Gasteiger partial charge in [-0.2, -0.15) is 0 Å². The third-order valence-electron chi connectivity index (χ3n) is 5.28. The molecule has 1 aliphatic carbocycles. The zero-order valence-corrected chi connectivity index (χ0v) is 14.5. The van der Waals surface area contributed by atoms with E-state index in [0.29, 0.717) is 0 Å². The first kappa shape index (κ1) is 15.2. The van der Waals surface area contributed by atoms with E-state index in [9.17, 15) is 0 Å². The molecule has 0 saturated heterocycles. The lowest BCUT2D eigenvalue weighted by Gasteiger charge is -2.26. The van der Waals surface area contributed by atoms with Crippen LogP contribution in [0, 0.1) is 5.92 Å². The maximum Gasteiger partial charge on any atom is 0.0470 e. The molecular formula is C26H19. The van der Waals surface area contributed by atoms with Crippen LogP contribution in [-0.4, -0.2) is 0 Å². The summed E-state index contributed by atoms with van der Waals surface area (Å²) in [5.41, 5.74) is 8.06. The lowest BCUT2D eigenvalue weighted by Crippen LogP contribution is -2.13. The SMILES string of the molecule is c1ccc(C([C]2c3ccccc3-c3ccccc32)c2ccccc2)cc1. The predicted molar refractivity (Wildman–Crippen MR) is 108 cm³/mol. The molecule has 0 heteroatoms. The quantitative estimate of drug-likeness (QED) is 0.403. The van der Waals surface area contributed by atoms with Crippen LogP contribution in [0.4, 0.5) is 0 Å². The highest BCUT2D eigenvalue weighted by atomic mass is 14.4. The van der Waals surface area contributed by atoms with Crippen molar-refractivity contribution in [3.63, 3.8) is 0 Å². The van der Waals surface area contributed by atoms with Crippen molar-refractivity contribution < 1.29 is 0 Å². The van der Waals surface area contributed by atoms with Crippen LogP contribution in [0.25, 0.3) is 11.1 Å². The lowest BCUT2D eigenvalue weighted by atomic mass is 9.76. The zero-order chi connectivity index (χ0) is 17.3. The van der Waals surface area contributed by atoms with Crippen LogP contribution in [0.5, 0.6) is 0 Å². The predicted octanol–water partition coefficient (Wildman–Crippen LogP) is 6.47.